The van der Waals surface area contributed by atoms with Crippen LogP contribution in [0, 0.1) is 5.82 Å². The van der Waals surface area contributed by atoms with Gasteiger partial charge in [-0.05, 0) is 35.7 Å². The van der Waals surface area contributed by atoms with E-state index in [0.717, 1.165) is 11.1 Å². The molecule has 1 aromatic carbocycles. The summed E-state index contributed by atoms with van der Waals surface area (Å²) in [4.78, 5) is 27.8. The third-order valence-corrected chi connectivity index (χ3v) is 4.22. The minimum Gasteiger partial charge on any atom is -0.305 e. The van der Waals surface area contributed by atoms with Gasteiger partial charge in [-0.15, -0.1) is 0 Å². The molecule has 0 fully saturated rings. The van der Waals surface area contributed by atoms with Crippen LogP contribution in [-0.2, 0) is 16.0 Å². The smallest absolute Gasteiger partial charge is 0.273 e. The van der Waals surface area contributed by atoms with Crippen molar-refractivity contribution in [2.24, 2.45) is 5.10 Å². The van der Waals surface area contributed by atoms with E-state index in [1.807, 2.05) is 6.07 Å². The highest BCUT2D eigenvalue weighted by Crippen LogP contribution is 2.19. The second-order valence-corrected chi connectivity index (χ2v) is 6.30. The number of carbonyl (C=O) groups is 2. The molecule has 0 saturated carbocycles. The van der Waals surface area contributed by atoms with Gasteiger partial charge in [-0.1, -0.05) is 23.7 Å². The first-order valence-corrected chi connectivity index (χ1v) is 8.34. The normalized spacial score (nSPS) is 14.2. The molecule has 1 N–H and O–H groups in total. The molecule has 8 heteroatoms. The van der Waals surface area contributed by atoms with Gasteiger partial charge in [-0.25, -0.2) is 14.4 Å². The third-order valence-electron chi connectivity index (χ3n) is 3.93. The Balaban J connectivity index is 1.64. The fourth-order valence-electron chi connectivity index (χ4n) is 2.51. The minimum absolute atomic E-state index is 0.0797. The summed E-state index contributed by atoms with van der Waals surface area (Å²) >= 11 is 5.78. The molecule has 1 aliphatic rings. The lowest BCUT2D eigenvalue weighted by Crippen LogP contribution is -2.34. The summed E-state index contributed by atoms with van der Waals surface area (Å²) in [5, 5.41) is 7.88. The maximum Gasteiger partial charge on any atom is 0.273 e. The molecule has 3 rings (SSSR count). The summed E-state index contributed by atoms with van der Waals surface area (Å²) < 4.78 is 13.2. The van der Waals surface area contributed by atoms with Gasteiger partial charge >= 0.3 is 0 Å². The summed E-state index contributed by atoms with van der Waals surface area (Å²) in [6, 6.07) is 8.06. The first-order valence-electron chi connectivity index (χ1n) is 7.96. The van der Waals surface area contributed by atoms with Crippen LogP contribution >= 0.6 is 11.6 Å². The highest BCUT2D eigenvalue weighted by Gasteiger charge is 2.22. The first-order chi connectivity index (χ1) is 12.4. The van der Waals surface area contributed by atoms with Crippen LogP contribution in [0.15, 0.2) is 41.6 Å². The number of aromatic nitrogens is 1. The summed E-state index contributed by atoms with van der Waals surface area (Å²) in [6.07, 6.45) is 2.74. The molecule has 1 aromatic heterocycles. The highest BCUT2D eigenvalue weighted by atomic mass is 35.5. The van der Waals surface area contributed by atoms with Crippen LogP contribution in [0.1, 0.15) is 24.0 Å². The summed E-state index contributed by atoms with van der Waals surface area (Å²) in [7, 11) is 1.52. The highest BCUT2D eigenvalue weighted by molar-refractivity contribution is 6.43. The molecule has 0 radical (unpaired) electrons. The van der Waals surface area contributed by atoms with Crippen molar-refractivity contribution >= 4 is 34.9 Å². The number of nitrogens with one attached hydrogen (secondary N) is 1. The van der Waals surface area contributed by atoms with Gasteiger partial charge in [-0.3, -0.25) is 9.59 Å². The van der Waals surface area contributed by atoms with Gasteiger partial charge in [0.25, 0.3) is 5.91 Å². The molecule has 0 atom stereocenters. The lowest BCUT2D eigenvalue weighted by molar-refractivity contribution is -0.130. The van der Waals surface area contributed by atoms with E-state index < -0.39 is 5.82 Å². The number of pyridine rings is 1. The van der Waals surface area contributed by atoms with Crippen LogP contribution in [0.2, 0.25) is 5.02 Å². The first kappa shape index (κ1) is 18.0. The van der Waals surface area contributed by atoms with Crippen molar-refractivity contribution in [3.63, 3.8) is 0 Å². The number of anilines is 1. The quantitative estimate of drug-likeness (QED) is 0.893. The molecule has 2 amide bonds. The van der Waals surface area contributed by atoms with Crippen LogP contribution in [0.4, 0.5) is 10.2 Å². The van der Waals surface area contributed by atoms with Crippen LogP contribution in [-0.4, -0.2) is 34.6 Å². The van der Waals surface area contributed by atoms with E-state index in [2.05, 4.69) is 15.4 Å². The van der Waals surface area contributed by atoms with E-state index in [4.69, 9.17) is 11.6 Å². The molecule has 2 aromatic rings. The number of hydrazone groups is 1. The fraction of sp³-hybridized carbons (Fsp3) is 0.222. The molecule has 134 valence electrons. The molecular weight excluding hydrogens is 359 g/mol. The van der Waals surface area contributed by atoms with E-state index >= 15 is 0 Å². The number of halogens is 2. The monoisotopic (exact) mass is 374 g/mol. The summed E-state index contributed by atoms with van der Waals surface area (Å²) in [5.41, 5.74) is 2.05. The molecular formula is C18H16ClFN4O2. The molecule has 2 heterocycles. The van der Waals surface area contributed by atoms with E-state index in [-0.39, 0.29) is 23.3 Å². The third kappa shape index (κ3) is 4.23. The Bertz CT molecular complexity index is 883. The van der Waals surface area contributed by atoms with Crippen molar-refractivity contribution < 1.29 is 14.0 Å². The number of hydrogen-bond donors (Lipinski definition) is 1. The molecule has 0 aliphatic carbocycles. The maximum atomic E-state index is 13.2. The average Bonchev–Trinajstić information content (AvgIpc) is 2.62. The predicted molar refractivity (Wildman–Crippen MR) is 96.5 cm³/mol. The van der Waals surface area contributed by atoms with Crippen molar-refractivity contribution in [2.75, 3.05) is 12.4 Å². The Morgan fingerprint density at radius 2 is 2.04 bits per heavy atom. The van der Waals surface area contributed by atoms with Gasteiger partial charge in [0.15, 0.2) is 0 Å². The zero-order valence-corrected chi connectivity index (χ0v) is 14.8. The van der Waals surface area contributed by atoms with E-state index in [1.54, 1.807) is 24.4 Å². The Labute approximate surface area is 154 Å². The summed E-state index contributed by atoms with van der Waals surface area (Å²) in [6.45, 7) is 0. The number of benzene rings is 1. The zero-order chi connectivity index (χ0) is 18.7. The number of rotatable bonds is 4. The van der Waals surface area contributed by atoms with Crippen LogP contribution < -0.4 is 5.32 Å². The molecule has 1 aliphatic heterocycles. The van der Waals surface area contributed by atoms with E-state index in [9.17, 15) is 14.0 Å². The topological polar surface area (TPSA) is 74.7 Å². The Hall–Kier alpha value is -2.80. The fourth-order valence-corrected chi connectivity index (χ4v) is 2.71. The van der Waals surface area contributed by atoms with Gasteiger partial charge in [0.1, 0.15) is 17.3 Å². The second kappa shape index (κ2) is 7.61. The Morgan fingerprint density at radius 1 is 1.27 bits per heavy atom. The lowest BCUT2D eigenvalue weighted by Gasteiger charge is -2.18. The average molecular weight is 375 g/mol. The molecule has 26 heavy (non-hydrogen) atoms. The van der Waals surface area contributed by atoms with Gasteiger partial charge < -0.3 is 5.32 Å². The zero-order valence-electron chi connectivity index (χ0n) is 14.0. The maximum absolute atomic E-state index is 13.2. The lowest BCUT2D eigenvalue weighted by atomic mass is 10.1. The van der Waals surface area contributed by atoms with Crippen molar-refractivity contribution in [1.82, 2.24) is 9.99 Å². The molecule has 0 bridgehead atoms. The largest absolute Gasteiger partial charge is 0.305 e. The standard InChI is InChI=1S/C18H16ClFN4O2/c1-24-17(25)7-5-15(23-24)18(26)22-16-6-3-12(10-21-16)8-11-2-4-14(20)13(19)9-11/h2-4,6,9-10H,5,7-8H2,1H3,(H,21,22,26). The van der Waals surface area contributed by atoms with Crippen molar-refractivity contribution in [3.8, 4) is 0 Å². The Morgan fingerprint density at radius 3 is 2.69 bits per heavy atom. The number of carbonyl (C=O) groups excluding carboxylic acids is 2. The van der Waals surface area contributed by atoms with Crippen molar-refractivity contribution in [2.45, 2.75) is 19.3 Å². The minimum atomic E-state index is -0.454. The predicted octanol–water partition coefficient (Wildman–Crippen LogP) is 3.01. The molecule has 6 nitrogen and oxygen atoms in total. The van der Waals surface area contributed by atoms with Gasteiger partial charge in [0.2, 0.25) is 5.91 Å². The number of hydrogen-bond acceptors (Lipinski definition) is 4. The van der Waals surface area contributed by atoms with Gasteiger partial charge in [0.05, 0.1) is 5.02 Å². The molecule has 0 saturated heterocycles. The second-order valence-electron chi connectivity index (χ2n) is 5.90. The SMILES string of the molecule is CN1N=C(C(=O)Nc2ccc(Cc3ccc(F)c(Cl)c3)cn2)CCC1=O. The number of amides is 2. The van der Waals surface area contributed by atoms with Crippen LogP contribution in [0.3, 0.4) is 0 Å². The van der Waals surface area contributed by atoms with Crippen LogP contribution in [0.5, 0.6) is 0 Å². The van der Waals surface area contributed by atoms with Crippen LogP contribution in [0.25, 0.3) is 0 Å². The molecule has 0 spiro atoms. The van der Waals surface area contributed by atoms with Gasteiger partial charge in [0, 0.05) is 26.1 Å². The Kier molecular flexibility index (Phi) is 5.27. The van der Waals surface area contributed by atoms with Gasteiger partial charge in [-0.2, -0.15) is 5.10 Å². The summed E-state index contributed by atoms with van der Waals surface area (Å²) in [5.74, 6) is -0.567. The molecule has 0 unspecified atom stereocenters. The van der Waals surface area contributed by atoms with Crippen molar-refractivity contribution in [1.29, 1.82) is 0 Å². The number of nitrogens with zero attached hydrogens (tertiary/aromatic N) is 3. The van der Waals surface area contributed by atoms with E-state index in [0.29, 0.717) is 24.4 Å². The van der Waals surface area contributed by atoms with E-state index in [1.165, 1.54) is 18.1 Å². The van der Waals surface area contributed by atoms with Crippen molar-refractivity contribution in [3.05, 3.63) is 58.5 Å².